The summed E-state index contributed by atoms with van der Waals surface area (Å²) in [6, 6.07) is 8.51. The Morgan fingerprint density at radius 2 is 2.05 bits per heavy atom. The van der Waals surface area contributed by atoms with Crippen molar-refractivity contribution in [1.29, 1.82) is 0 Å². The Balaban J connectivity index is 1.92. The van der Waals surface area contributed by atoms with E-state index in [-0.39, 0.29) is 24.0 Å². The van der Waals surface area contributed by atoms with Crippen LogP contribution >= 0.6 is 11.8 Å². The Morgan fingerprint density at radius 3 is 2.68 bits per heavy atom. The summed E-state index contributed by atoms with van der Waals surface area (Å²) in [5.74, 6) is -2.35. The van der Waals surface area contributed by atoms with Crippen LogP contribution in [-0.2, 0) is 4.79 Å². The monoisotopic (exact) mass is 329 g/mol. The molecule has 1 aliphatic heterocycles. The third-order valence-electron chi connectivity index (χ3n) is 3.30. The average molecular weight is 329 g/mol. The van der Waals surface area contributed by atoms with Crippen molar-refractivity contribution in [2.45, 2.75) is 29.0 Å². The normalized spacial score (nSPS) is 20.9. The van der Waals surface area contributed by atoms with Gasteiger partial charge in [0.15, 0.2) is 12.0 Å². The highest BCUT2D eigenvalue weighted by atomic mass is 32.2. The van der Waals surface area contributed by atoms with Gasteiger partial charge in [-0.05, 0) is 5.56 Å². The molecule has 2 aromatic rings. The first-order valence-corrected chi connectivity index (χ1v) is 7.16. The highest BCUT2D eigenvalue weighted by Crippen LogP contribution is 2.42. The highest BCUT2D eigenvalue weighted by Gasteiger charge is 2.43. The number of aliphatic carboxylic acids is 1. The quantitative estimate of drug-likeness (QED) is 0.873. The van der Waals surface area contributed by atoms with E-state index < -0.39 is 28.6 Å². The van der Waals surface area contributed by atoms with Gasteiger partial charge in [-0.3, -0.25) is 0 Å². The maximum absolute atomic E-state index is 14.0. The average Bonchev–Trinajstić information content (AvgIpc) is 2.99. The number of hydrogen-bond donors (Lipinski definition) is 1. The fourth-order valence-corrected chi connectivity index (χ4v) is 2.90. The zero-order valence-electron chi connectivity index (χ0n) is 11.0. The summed E-state index contributed by atoms with van der Waals surface area (Å²) in [7, 11) is 0. The van der Waals surface area contributed by atoms with E-state index in [0.717, 1.165) is 5.56 Å². The molecule has 0 bridgehead atoms. The summed E-state index contributed by atoms with van der Waals surface area (Å²) < 4.78 is 41.7. The topological polar surface area (TPSA) is 68.0 Å². The number of fused-ring (bicyclic) bond motifs is 1. The number of thioether (sulfide) groups is 1. The van der Waals surface area contributed by atoms with Crippen LogP contribution in [0.5, 0.6) is 0 Å². The molecule has 0 saturated heterocycles. The van der Waals surface area contributed by atoms with Gasteiger partial charge in [0.25, 0.3) is 0 Å². The summed E-state index contributed by atoms with van der Waals surface area (Å²) in [4.78, 5) is 14.2. The lowest BCUT2D eigenvalue weighted by Crippen LogP contribution is -2.23. The van der Waals surface area contributed by atoms with Crippen molar-refractivity contribution in [2.24, 2.45) is 0 Å². The van der Waals surface area contributed by atoms with Gasteiger partial charge in [0.05, 0.1) is 6.04 Å². The number of benzene rings is 1. The molecule has 0 radical (unpaired) electrons. The van der Waals surface area contributed by atoms with Crippen LogP contribution in [0.2, 0.25) is 0 Å². The van der Waals surface area contributed by atoms with Gasteiger partial charge in [-0.15, -0.1) is 5.10 Å². The van der Waals surface area contributed by atoms with Crippen LogP contribution in [0.4, 0.5) is 13.2 Å². The second-order valence-corrected chi connectivity index (χ2v) is 5.83. The fraction of sp³-hybridized carbons (Fsp3) is 0.308. The summed E-state index contributed by atoms with van der Waals surface area (Å²) in [5.41, 5.74) is 0.787. The van der Waals surface area contributed by atoms with Crippen molar-refractivity contribution in [2.75, 3.05) is 0 Å². The van der Waals surface area contributed by atoms with E-state index in [1.54, 1.807) is 24.3 Å². The molecule has 1 aromatic carbocycles. The Morgan fingerprint density at radius 1 is 1.36 bits per heavy atom. The number of hydrogen-bond acceptors (Lipinski definition) is 4. The Bertz CT molecular complexity index is 708. The highest BCUT2D eigenvalue weighted by molar-refractivity contribution is 8.00. The van der Waals surface area contributed by atoms with Gasteiger partial charge in [0.2, 0.25) is 5.16 Å². The van der Waals surface area contributed by atoms with Crippen LogP contribution in [0.1, 0.15) is 30.0 Å². The van der Waals surface area contributed by atoms with Crippen LogP contribution in [0.15, 0.2) is 35.5 Å². The van der Waals surface area contributed by atoms with E-state index in [0.29, 0.717) is 0 Å². The molecule has 0 saturated carbocycles. The standard InChI is InChI=1S/C13H10F3N3O2S/c14-8-6-9(7-4-2-1-3-5-7)19-10(8)17-12(18-19)22-13(15,16)11(20)21/h1-5,8-9H,6H2,(H,20,21)/t8-,9-/m0/s1. The summed E-state index contributed by atoms with van der Waals surface area (Å²) >= 11 is -0.305. The summed E-state index contributed by atoms with van der Waals surface area (Å²) in [6.45, 7) is 0. The number of alkyl halides is 3. The molecule has 116 valence electrons. The SMILES string of the molecule is O=C(O)C(F)(F)Sc1nc2n(n1)[C@H](c1ccccc1)C[C@@H]2F. The van der Waals surface area contributed by atoms with Crippen molar-refractivity contribution >= 4 is 17.7 Å². The minimum Gasteiger partial charge on any atom is -0.476 e. The van der Waals surface area contributed by atoms with Crippen molar-refractivity contribution in [1.82, 2.24) is 14.8 Å². The second-order valence-electron chi connectivity index (χ2n) is 4.75. The van der Waals surface area contributed by atoms with Crippen LogP contribution in [0.25, 0.3) is 0 Å². The second kappa shape index (κ2) is 5.31. The van der Waals surface area contributed by atoms with Gasteiger partial charge in [-0.1, -0.05) is 30.3 Å². The van der Waals surface area contributed by atoms with E-state index in [1.807, 2.05) is 6.07 Å². The lowest BCUT2D eigenvalue weighted by molar-refractivity contribution is -0.152. The zero-order valence-corrected chi connectivity index (χ0v) is 11.8. The van der Waals surface area contributed by atoms with E-state index in [1.165, 1.54) is 4.68 Å². The molecule has 0 fully saturated rings. The lowest BCUT2D eigenvalue weighted by atomic mass is 10.0. The van der Waals surface area contributed by atoms with E-state index in [4.69, 9.17) is 5.11 Å². The number of nitrogens with zero attached hydrogens (tertiary/aromatic N) is 3. The first-order valence-electron chi connectivity index (χ1n) is 6.34. The Labute approximate surface area is 127 Å². The number of halogens is 3. The summed E-state index contributed by atoms with van der Waals surface area (Å²) in [5, 5.41) is 7.76. The zero-order chi connectivity index (χ0) is 15.9. The van der Waals surface area contributed by atoms with Crippen LogP contribution < -0.4 is 0 Å². The van der Waals surface area contributed by atoms with Crippen molar-refractivity contribution in [3.8, 4) is 0 Å². The lowest BCUT2D eigenvalue weighted by Gasteiger charge is -2.11. The summed E-state index contributed by atoms with van der Waals surface area (Å²) in [6.07, 6.45) is -1.30. The number of carboxylic acids is 1. The van der Waals surface area contributed by atoms with Crippen LogP contribution in [0.3, 0.4) is 0 Å². The third-order valence-corrected chi connectivity index (χ3v) is 4.08. The molecule has 1 N–H and O–H groups in total. The molecule has 0 unspecified atom stereocenters. The molecule has 22 heavy (non-hydrogen) atoms. The van der Waals surface area contributed by atoms with Crippen molar-refractivity contribution in [3.63, 3.8) is 0 Å². The Hall–Kier alpha value is -2.03. The van der Waals surface area contributed by atoms with Crippen molar-refractivity contribution < 1.29 is 23.1 Å². The van der Waals surface area contributed by atoms with Gasteiger partial charge in [0.1, 0.15) is 0 Å². The third kappa shape index (κ3) is 2.56. The maximum atomic E-state index is 14.0. The molecular weight excluding hydrogens is 319 g/mol. The molecule has 3 rings (SSSR count). The first kappa shape index (κ1) is 14.9. The van der Waals surface area contributed by atoms with E-state index >= 15 is 0 Å². The van der Waals surface area contributed by atoms with Gasteiger partial charge >= 0.3 is 11.2 Å². The molecule has 2 atom stereocenters. The smallest absolute Gasteiger partial charge is 0.395 e. The fourth-order valence-electron chi connectivity index (χ4n) is 2.31. The number of rotatable bonds is 4. The largest absolute Gasteiger partial charge is 0.476 e. The van der Waals surface area contributed by atoms with Crippen LogP contribution in [-0.4, -0.2) is 31.1 Å². The molecule has 1 aliphatic rings. The molecular formula is C13H10F3N3O2S. The maximum Gasteiger partial charge on any atom is 0.395 e. The van der Waals surface area contributed by atoms with Crippen molar-refractivity contribution in [3.05, 3.63) is 41.7 Å². The number of carboxylic acid groups (broad SMARTS) is 1. The minimum absolute atomic E-state index is 0.0578. The Kier molecular flexibility index (Phi) is 3.59. The number of carbonyl (C=O) groups is 1. The van der Waals surface area contributed by atoms with Gasteiger partial charge in [-0.25, -0.2) is 18.9 Å². The molecule has 9 heteroatoms. The van der Waals surface area contributed by atoms with Gasteiger partial charge in [-0.2, -0.15) is 8.78 Å². The molecule has 0 amide bonds. The van der Waals surface area contributed by atoms with Gasteiger partial charge in [0, 0.05) is 18.2 Å². The predicted octanol–water partition coefficient (Wildman–Crippen LogP) is 3.05. The minimum atomic E-state index is -4.06. The van der Waals surface area contributed by atoms with E-state index in [9.17, 15) is 18.0 Å². The first-order chi connectivity index (χ1) is 10.4. The van der Waals surface area contributed by atoms with Gasteiger partial charge < -0.3 is 5.11 Å². The molecule has 5 nitrogen and oxygen atoms in total. The van der Waals surface area contributed by atoms with E-state index in [2.05, 4.69) is 10.1 Å². The number of aromatic nitrogens is 3. The predicted molar refractivity (Wildman–Crippen MR) is 71.5 cm³/mol. The molecule has 1 aromatic heterocycles. The molecule has 2 heterocycles. The molecule has 0 spiro atoms. The van der Waals surface area contributed by atoms with Crippen LogP contribution in [0, 0.1) is 0 Å². The molecule has 0 aliphatic carbocycles.